The summed E-state index contributed by atoms with van der Waals surface area (Å²) in [6.45, 7) is 2.07. The molecule has 2 aliphatic rings. The predicted octanol–water partition coefficient (Wildman–Crippen LogP) is 4.40. The minimum Gasteiger partial charge on any atom is -0.488 e. The van der Waals surface area contributed by atoms with E-state index in [0.717, 1.165) is 44.6 Å². The Morgan fingerprint density at radius 3 is 2.37 bits per heavy atom. The van der Waals surface area contributed by atoms with Gasteiger partial charge in [-0.2, -0.15) is 0 Å². The van der Waals surface area contributed by atoms with E-state index in [1.165, 1.54) is 25.7 Å². The zero-order chi connectivity index (χ0) is 20.8. The number of nitrogens with one attached hydrogen (secondary N) is 1. The van der Waals surface area contributed by atoms with Crippen molar-refractivity contribution in [3.8, 4) is 5.75 Å². The van der Waals surface area contributed by atoms with Gasteiger partial charge in [0.05, 0.1) is 11.7 Å². The van der Waals surface area contributed by atoms with Crippen LogP contribution >= 0.6 is 0 Å². The molecule has 1 aromatic carbocycles. The summed E-state index contributed by atoms with van der Waals surface area (Å²) in [5.41, 5.74) is 1.24. The molecule has 1 aromatic heterocycles. The molecule has 1 aliphatic carbocycles. The van der Waals surface area contributed by atoms with Crippen molar-refractivity contribution < 1.29 is 14.6 Å². The zero-order valence-electron chi connectivity index (χ0n) is 17.4. The van der Waals surface area contributed by atoms with E-state index in [1.54, 1.807) is 6.20 Å². The van der Waals surface area contributed by atoms with Gasteiger partial charge < -0.3 is 20.1 Å². The molecule has 2 aromatic rings. The molecule has 4 rings (SSSR count). The molecule has 6 heteroatoms. The number of pyridine rings is 1. The van der Waals surface area contributed by atoms with Crippen molar-refractivity contribution in [2.75, 3.05) is 23.3 Å². The van der Waals surface area contributed by atoms with Crippen LogP contribution < -0.4 is 15.0 Å². The van der Waals surface area contributed by atoms with Crippen LogP contribution in [-0.2, 0) is 0 Å². The number of hydrogen-bond donors (Lipinski definition) is 2. The standard InChI is InChI=1S/C24H31N3O3/c28-21-7-3-4-8-22(21)30-20-12-10-19(11-13-20)26-24(29)18-9-14-23(25-17-18)27-15-5-1-2-6-16-27/h9-14,17,21-22,28H,1-8,15-16H2,(H,26,29)/t21-,22-/m0/s1. The van der Waals surface area contributed by atoms with Crippen molar-refractivity contribution >= 4 is 17.4 Å². The molecule has 2 N–H and O–H groups in total. The van der Waals surface area contributed by atoms with Crippen LogP contribution in [0.5, 0.6) is 5.75 Å². The SMILES string of the molecule is O=C(Nc1ccc(O[C@H]2CCCC[C@@H]2O)cc1)c1ccc(N2CCCCCC2)nc1. The average molecular weight is 410 g/mol. The summed E-state index contributed by atoms with van der Waals surface area (Å²) in [4.78, 5) is 19.4. The fourth-order valence-electron chi connectivity index (χ4n) is 4.22. The normalized spacial score (nSPS) is 22.2. The van der Waals surface area contributed by atoms with Crippen LogP contribution in [0.4, 0.5) is 11.5 Å². The number of ether oxygens (including phenoxy) is 1. The fraction of sp³-hybridized carbons (Fsp3) is 0.500. The highest BCUT2D eigenvalue weighted by Crippen LogP contribution is 2.25. The Bertz CT molecular complexity index is 815. The molecule has 0 radical (unpaired) electrons. The molecule has 2 atom stereocenters. The summed E-state index contributed by atoms with van der Waals surface area (Å²) in [6, 6.07) is 11.1. The second-order valence-electron chi connectivity index (χ2n) is 8.29. The first-order valence-corrected chi connectivity index (χ1v) is 11.2. The van der Waals surface area contributed by atoms with E-state index in [4.69, 9.17) is 4.74 Å². The molecule has 2 heterocycles. The Hall–Kier alpha value is -2.60. The first kappa shape index (κ1) is 20.7. The van der Waals surface area contributed by atoms with Crippen molar-refractivity contribution in [3.05, 3.63) is 48.2 Å². The lowest BCUT2D eigenvalue weighted by Gasteiger charge is -2.28. The largest absolute Gasteiger partial charge is 0.488 e. The van der Waals surface area contributed by atoms with E-state index in [-0.39, 0.29) is 12.0 Å². The van der Waals surface area contributed by atoms with Crippen molar-refractivity contribution in [3.63, 3.8) is 0 Å². The van der Waals surface area contributed by atoms with Crippen LogP contribution in [0, 0.1) is 0 Å². The topological polar surface area (TPSA) is 74.7 Å². The van der Waals surface area contributed by atoms with Crippen LogP contribution in [0.3, 0.4) is 0 Å². The van der Waals surface area contributed by atoms with Gasteiger partial charge in [-0.3, -0.25) is 4.79 Å². The number of rotatable bonds is 5. The minimum absolute atomic E-state index is 0.145. The van der Waals surface area contributed by atoms with E-state index in [2.05, 4.69) is 15.2 Å². The molecule has 2 fully saturated rings. The first-order valence-electron chi connectivity index (χ1n) is 11.2. The maximum absolute atomic E-state index is 12.6. The lowest BCUT2D eigenvalue weighted by Crippen LogP contribution is -2.34. The number of hydrogen-bond acceptors (Lipinski definition) is 5. The van der Waals surface area contributed by atoms with Crippen molar-refractivity contribution in [2.45, 2.75) is 63.6 Å². The van der Waals surface area contributed by atoms with Gasteiger partial charge in [0.1, 0.15) is 17.7 Å². The molecule has 160 valence electrons. The molecule has 1 aliphatic heterocycles. The van der Waals surface area contributed by atoms with Gasteiger partial charge in [-0.15, -0.1) is 0 Å². The molecular weight excluding hydrogens is 378 g/mol. The predicted molar refractivity (Wildman–Crippen MR) is 118 cm³/mol. The lowest BCUT2D eigenvalue weighted by atomic mass is 9.95. The average Bonchev–Trinajstić information content (AvgIpc) is 3.06. The number of benzene rings is 1. The molecule has 1 amide bonds. The van der Waals surface area contributed by atoms with Gasteiger partial charge in [-0.05, 0) is 68.5 Å². The Labute approximate surface area is 178 Å². The number of aromatic nitrogens is 1. The van der Waals surface area contributed by atoms with Crippen LogP contribution in [0.25, 0.3) is 0 Å². The van der Waals surface area contributed by atoms with E-state index in [1.807, 2.05) is 36.4 Å². The number of aliphatic hydroxyl groups excluding tert-OH is 1. The maximum atomic E-state index is 12.6. The summed E-state index contributed by atoms with van der Waals surface area (Å²) in [7, 11) is 0. The van der Waals surface area contributed by atoms with Crippen LogP contribution in [-0.4, -0.2) is 41.3 Å². The Kier molecular flexibility index (Phi) is 6.84. The molecule has 0 unspecified atom stereocenters. The van der Waals surface area contributed by atoms with Crippen molar-refractivity contribution in [2.24, 2.45) is 0 Å². The minimum atomic E-state index is -0.400. The monoisotopic (exact) mass is 409 g/mol. The van der Waals surface area contributed by atoms with Gasteiger partial charge in [0, 0.05) is 25.0 Å². The second kappa shape index (κ2) is 9.94. The smallest absolute Gasteiger partial charge is 0.257 e. The Balaban J connectivity index is 1.33. The summed E-state index contributed by atoms with van der Waals surface area (Å²) in [5, 5.41) is 13.0. The van der Waals surface area contributed by atoms with E-state index in [0.29, 0.717) is 17.0 Å². The van der Waals surface area contributed by atoms with Gasteiger partial charge in [0.25, 0.3) is 5.91 Å². The fourth-order valence-corrected chi connectivity index (χ4v) is 4.22. The summed E-state index contributed by atoms with van der Waals surface area (Å²) >= 11 is 0. The van der Waals surface area contributed by atoms with Crippen molar-refractivity contribution in [1.29, 1.82) is 0 Å². The quantitative estimate of drug-likeness (QED) is 0.766. The van der Waals surface area contributed by atoms with Gasteiger partial charge in [-0.25, -0.2) is 4.98 Å². The van der Waals surface area contributed by atoms with Gasteiger partial charge in [-0.1, -0.05) is 19.3 Å². The third-order valence-electron chi connectivity index (χ3n) is 6.01. The number of amides is 1. The number of carbonyl (C=O) groups excluding carboxylic acids is 1. The molecule has 0 spiro atoms. The number of nitrogens with zero attached hydrogens (tertiary/aromatic N) is 2. The van der Waals surface area contributed by atoms with Crippen LogP contribution in [0.2, 0.25) is 0 Å². The highest BCUT2D eigenvalue weighted by molar-refractivity contribution is 6.04. The van der Waals surface area contributed by atoms with E-state index >= 15 is 0 Å². The third-order valence-corrected chi connectivity index (χ3v) is 6.01. The highest BCUT2D eigenvalue weighted by atomic mass is 16.5. The number of anilines is 2. The molecule has 1 saturated heterocycles. The van der Waals surface area contributed by atoms with Crippen LogP contribution in [0.1, 0.15) is 61.7 Å². The van der Waals surface area contributed by atoms with Gasteiger partial charge >= 0.3 is 0 Å². The highest BCUT2D eigenvalue weighted by Gasteiger charge is 2.24. The molecule has 30 heavy (non-hydrogen) atoms. The van der Waals surface area contributed by atoms with Crippen molar-refractivity contribution in [1.82, 2.24) is 4.98 Å². The van der Waals surface area contributed by atoms with Crippen LogP contribution in [0.15, 0.2) is 42.6 Å². The second-order valence-corrected chi connectivity index (χ2v) is 8.29. The maximum Gasteiger partial charge on any atom is 0.257 e. The number of aliphatic hydroxyl groups is 1. The zero-order valence-corrected chi connectivity index (χ0v) is 17.4. The molecule has 1 saturated carbocycles. The first-order chi connectivity index (χ1) is 14.7. The summed E-state index contributed by atoms with van der Waals surface area (Å²) in [6.07, 6.45) is 9.87. The lowest BCUT2D eigenvalue weighted by molar-refractivity contribution is 0.00688. The molecule has 6 nitrogen and oxygen atoms in total. The molecule has 0 bridgehead atoms. The number of carbonyl (C=O) groups is 1. The van der Waals surface area contributed by atoms with E-state index in [9.17, 15) is 9.90 Å². The Morgan fingerprint density at radius 1 is 0.967 bits per heavy atom. The third kappa shape index (κ3) is 5.30. The Morgan fingerprint density at radius 2 is 1.70 bits per heavy atom. The summed E-state index contributed by atoms with van der Waals surface area (Å²) in [5.74, 6) is 1.48. The van der Waals surface area contributed by atoms with Gasteiger partial charge in [0.2, 0.25) is 0 Å². The van der Waals surface area contributed by atoms with E-state index < -0.39 is 6.10 Å². The molecular formula is C24H31N3O3. The summed E-state index contributed by atoms with van der Waals surface area (Å²) < 4.78 is 5.91. The van der Waals surface area contributed by atoms with Gasteiger partial charge in [0.15, 0.2) is 0 Å².